The first-order chi connectivity index (χ1) is 9.40. The van der Waals surface area contributed by atoms with Gasteiger partial charge in [-0.2, -0.15) is 0 Å². The summed E-state index contributed by atoms with van der Waals surface area (Å²) in [6.07, 6.45) is 2.00. The average Bonchev–Trinajstić information content (AvgIpc) is 2.43. The van der Waals surface area contributed by atoms with E-state index in [2.05, 4.69) is 15.0 Å². The summed E-state index contributed by atoms with van der Waals surface area (Å²) in [6, 6.07) is 1.38. The van der Waals surface area contributed by atoms with E-state index in [1.165, 1.54) is 19.4 Å². The van der Waals surface area contributed by atoms with Gasteiger partial charge in [-0.1, -0.05) is 18.5 Å². The van der Waals surface area contributed by atoms with E-state index in [9.17, 15) is 8.42 Å². The predicted octanol–water partition coefficient (Wildman–Crippen LogP) is 1.87. The molecular formula is C12H20ClN3O3S. The molecule has 2 N–H and O–H groups in total. The first-order valence-electron chi connectivity index (χ1n) is 6.32. The Morgan fingerprint density at radius 1 is 1.50 bits per heavy atom. The third kappa shape index (κ3) is 4.90. The summed E-state index contributed by atoms with van der Waals surface area (Å²) in [5.74, 6) is 0.484. The number of nitrogens with one attached hydrogen (secondary N) is 2. The van der Waals surface area contributed by atoms with Crippen molar-refractivity contribution in [1.82, 2.24) is 9.71 Å². The quantitative estimate of drug-likeness (QED) is 0.764. The van der Waals surface area contributed by atoms with Crippen LogP contribution in [0.15, 0.2) is 17.2 Å². The molecule has 20 heavy (non-hydrogen) atoms. The minimum Gasteiger partial charge on any atom is -0.380 e. The largest absolute Gasteiger partial charge is 0.380 e. The number of methoxy groups -OCH3 is 1. The molecular weight excluding hydrogens is 302 g/mol. The van der Waals surface area contributed by atoms with E-state index in [0.29, 0.717) is 5.82 Å². The third-order valence-electron chi connectivity index (χ3n) is 2.63. The van der Waals surface area contributed by atoms with Crippen molar-refractivity contribution in [1.29, 1.82) is 0 Å². The van der Waals surface area contributed by atoms with Crippen LogP contribution in [0.2, 0.25) is 5.02 Å². The Hall–Kier alpha value is -0.890. The second kappa shape index (κ2) is 7.78. The number of anilines is 1. The molecule has 0 saturated heterocycles. The number of halogens is 1. The molecule has 1 heterocycles. The average molecular weight is 322 g/mol. The third-order valence-corrected chi connectivity index (χ3v) is 4.31. The molecule has 114 valence electrons. The Balaban J connectivity index is 2.83. The summed E-state index contributed by atoms with van der Waals surface area (Å²) in [6.45, 7) is 4.70. The lowest BCUT2D eigenvalue weighted by molar-refractivity contribution is 0.122. The number of hydrogen-bond acceptors (Lipinski definition) is 5. The van der Waals surface area contributed by atoms with Gasteiger partial charge in [-0.25, -0.2) is 18.1 Å². The smallest absolute Gasteiger partial charge is 0.242 e. The maximum Gasteiger partial charge on any atom is 0.242 e. The highest BCUT2D eigenvalue weighted by Crippen LogP contribution is 2.22. The van der Waals surface area contributed by atoms with Gasteiger partial charge in [-0.05, 0) is 19.4 Å². The summed E-state index contributed by atoms with van der Waals surface area (Å²) < 4.78 is 31.5. The second-order valence-corrected chi connectivity index (χ2v) is 6.50. The number of aromatic nitrogens is 1. The second-order valence-electron chi connectivity index (χ2n) is 4.33. The van der Waals surface area contributed by atoms with Crippen molar-refractivity contribution < 1.29 is 13.2 Å². The van der Waals surface area contributed by atoms with Gasteiger partial charge in [-0.3, -0.25) is 0 Å². The van der Waals surface area contributed by atoms with Crippen molar-refractivity contribution >= 4 is 27.4 Å². The van der Waals surface area contributed by atoms with Crippen molar-refractivity contribution in [3.8, 4) is 0 Å². The summed E-state index contributed by atoms with van der Waals surface area (Å²) >= 11 is 6.02. The van der Waals surface area contributed by atoms with Crippen LogP contribution in [0.4, 0.5) is 5.82 Å². The van der Waals surface area contributed by atoms with Crippen LogP contribution in [0.5, 0.6) is 0 Å². The van der Waals surface area contributed by atoms with Crippen molar-refractivity contribution in [2.75, 3.05) is 25.5 Å². The normalized spacial score (nSPS) is 13.2. The van der Waals surface area contributed by atoms with Gasteiger partial charge in [0.25, 0.3) is 0 Å². The summed E-state index contributed by atoms with van der Waals surface area (Å²) in [7, 11) is -2.11. The van der Waals surface area contributed by atoms with Gasteiger partial charge in [0.1, 0.15) is 10.7 Å². The van der Waals surface area contributed by atoms with Crippen LogP contribution >= 0.6 is 11.6 Å². The van der Waals surface area contributed by atoms with Gasteiger partial charge < -0.3 is 10.1 Å². The molecule has 0 bridgehead atoms. The number of ether oxygens (including phenoxy) is 1. The molecule has 6 nitrogen and oxygen atoms in total. The minimum atomic E-state index is -3.63. The molecule has 0 spiro atoms. The van der Waals surface area contributed by atoms with E-state index in [1.54, 1.807) is 6.92 Å². The van der Waals surface area contributed by atoms with Crippen LogP contribution in [-0.2, 0) is 14.8 Å². The predicted molar refractivity (Wildman–Crippen MR) is 79.7 cm³/mol. The van der Waals surface area contributed by atoms with Gasteiger partial charge in [0.2, 0.25) is 10.0 Å². The highest BCUT2D eigenvalue weighted by molar-refractivity contribution is 7.89. The molecule has 0 saturated carbocycles. The fourth-order valence-corrected chi connectivity index (χ4v) is 2.72. The zero-order valence-corrected chi connectivity index (χ0v) is 13.4. The molecule has 8 heteroatoms. The van der Waals surface area contributed by atoms with Crippen molar-refractivity contribution in [3.63, 3.8) is 0 Å². The topological polar surface area (TPSA) is 80.3 Å². The van der Waals surface area contributed by atoms with Crippen LogP contribution in [0, 0.1) is 0 Å². The van der Waals surface area contributed by atoms with Crippen molar-refractivity contribution in [2.45, 2.75) is 31.3 Å². The molecule has 1 atom stereocenters. The lowest BCUT2D eigenvalue weighted by atomic mass is 10.4. The Bertz CT molecular complexity index is 537. The van der Waals surface area contributed by atoms with E-state index in [4.69, 9.17) is 16.3 Å². The van der Waals surface area contributed by atoms with Gasteiger partial charge in [-0.15, -0.1) is 0 Å². The number of pyridine rings is 1. The van der Waals surface area contributed by atoms with Gasteiger partial charge in [0.05, 0.1) is 11.1 Å². The standard InChI is InChI=1S/C12H20ClN3O3S/c1-4-5-14-12-11(13)6-10(8-15-12)20(17,18)16-7-9(2)19-3/h6,8-9,16H,4-5,7H2,1-3H3,(H,14,15). The molecule has 0 fully saturated rings. The molecule has 0 aliphatic heterocycles. The Morgan fingerprint density at radius 3 is 2.75 bits per heavy atom. The van der Waals surface area contributed by atoms with E-state index in [0.717, 1.165) is 13.0 Å². The first-order valence-corrected chi connectivity index (χ1v) is 8.18. The highest BCUT2D eigenvalue weighted by atomic mass is 35.5. The number of nitrogens with zero attached hydrogens (tertiary/aromatic N) is 1. The van der Waals surface area contributed by atoms with Crippen molar-refractivity contribution in [2.24, 2.45) is 0 Å². The van der Waals surface area contributed by atoms with Crippen molar-refractivity contribution in [3.05, 3.63) is 17.3 Å². The molecule has 0 aliphatic rings. The van der Waals surface area contributed by atoms with E-state index >= 15 is 0 Å². The fraction of sp³-hybridized carbons (Fsp3) is 0.583. The molecule has 1 aromatic heterocycles. The molecule has 1 aromatic rings. The fourth-order valence-electron chi connectivity index (χ4n) is 1.33. The van der Waals surface area contributed by atoms with Crippen LogP contribution in [0.3, 0.4) is 0 Å². The lowest BCUT2D eigenvalue weighted by Gasteiger charge is -2.12. The Kier molecular flexibility index (Phi) is 6.67. The maximum atomic E-state index is 12.0. The van der Waals surface area contributed by atoms with E-state index < -0.39 is 10.0 Å². The molecule has 0 aliphatic carbocycles. The monoisotopic (exact) mass is 321 g/mol. The molecule has 1 rings (SSSR count). The SMILES string of the molecule is CCCNc1ncc(S(=O)(=O)NCC(C)OC)cc1Cl. The van der Waals surface area contributed by atoms with E-state index in [-0.39, 0.29) is 22.6 Å². The lowest BCUT2D eigenvalue weighted by Crippen LogP contribution is -2.31. The number of sulfonamides is 1. The maximum absolute atomic E-state index is 12.0. The summed E-state index contributed by atoms with van der Waals surface area (Å²) in [5.41, 5.74) is 0. The molecule has 0 aromatic carbocycles. The zero-order chi connectivity index (χ0) is 15.2. The molecule has 0 amide bonds. The number of hydrogen-bond donors (Lipinski definition) is 2. The Morgan fingerprint density at radius 2 is 2.20 bits per heavy atom. The van der Waals surface area contributed by atoms with Crippen LogP contribution in [0.1, 0.15) is 20.3 Å². The highest BCUT2D eigenvalue weighted by Gasteiger charge is 2.17. The minimum absolute atomic E-state index is 0.0350. The van der Waals surface area contributed by atoms with Gasteiger partial charge in [0, 0.05) is 26.4 Å². The molecule has 0 radical (unpaired) electrons. The van der Waals surface area contributed by atoms with Crippen LogP contribution < -0.4 is 10.0 Å². The Labute approximate surface area is 124 Å². The van der Waals surface area contributed by atoms with Crippen LogP contribution in [-0.4, -0.2) is 39.7 Å². The van der Waals surface area contributed by atoms with Gasteiger partial charge in [0.15, 0.2) is 0 Å². The summed E-state index contributed by atoms with van der Waals surface area (Å²) in [5, 5.41) is 3.30. The zero-order valence-electron chi connectivity index (χ0n) is 11.8. The first kappa shape index (κ1) is 17.2. The van der Waals surface area contributed by atoms with Gasteiger partial charge >= 0.3 is 0 Å². The van der Waals surface area contributed by atoms with Crippen LogP contribution in [0.25, 0.3) is 0 Å². The number of rotatable bonds is 8. The molecule has 1 unspecified atom stereocenters. The summed E-state index contributed by atoms with van der Waals surface area (Å²) in [4.78, 5) is 4.07. The van der Waals surface area contributed by atoms with E-state index in [1.807, 2.05) is 6.92 Å².